The van der Waals surface area contributed by atoms with E-state index in [9.17, 15) is 9.59 Å². The number of benzene rings is 5. The van der Waals surface area contributed by atoms with E-state index in [1.165, 1.54) is 38.4 Å². The molecule has 0 aliphatic heterocycles. The molecule has 0 atom stereocenters. The molecule has 0 spiro atoms. The summed E-state index contributed by atoms with van der Waals surface area (Å²) in [5.41, 5.74) is 6.88. The van der Waals surface area contributed by atoms with Crippen LogP contribution in [0.25, 0.3) is 0 Å². The second-order valence-corrected chi connectivity index (χ2v) is 10.1. The minimum absolute atomic E-state index is 0.501. The largest absolute Gasteiger partial charge is 0.240 e. The fourth-order valence-corrected chi connectivity index (χ4v) is 3.73. The predicted octanol–water partition coefficient (Wildman–Crippen LogP) is 13.3. The molecule has 14 nitrogen and oxygen atoms in total. The van der Waals surface area contributed by atoms with Crippen molar-refractivity contribution in [2.45, 2.75) is 55.4 Å². The average molecular weight is 819 g/mol. The van der Waals surface area contributed by atoms with Crippen LogP contribution in [0.5, 0.6) is 0 Å². The Morgan fingerprint density at radius 1 is 0.328 bits per heavy atom. The van der Waals surface area contributed by atoms with Crippen LogP contribution < -0.4 is 0 Å². The molecule has 61 heavy (non-hydrogen) atoms. The molecule has 0 fully saturated rings. The van der Waals surface area contributed by atoms with Crippen molar-refractivity contribution in [2.75, 3.05) is 14.1 Å². The third-order valence-electron chi connectivity index (χ3n) is 6.32. The van der Waals surface area contributed by atoms with Crippen molar-refractivity contribution in [3.63, 3.8) is 0 Å². The molecule has 5 aromatic rings. The minimum atomic E-state index is 0.501. The molecule has 0 aliphatic carbocycles. The molecule has 5 aromatic carbocycles. The van der Waals surface area contributed by atoms with Crippen molar-refractivity contribution in [3.8, 4) is 0 Å². The molecule has 0 heterocycles. The van der Waals surface area contributed by atoms with Crippen molar-refractivity contribution >= 4 is 87.8 Å². The average Bonchev–Trinajstić information content (AvgIpc) is 3.32. The van der Waals surface area contributed by atoms with Gasteiger partial charge in [0.15, 0.2) is 0 Å². The number of aliphatic imine (C=N–C) groups is 10. The van der Waals surface area contributed by atoms with Gasteiger partial charge in [0, 0.05) is 14.1 Å². The zero-order chi connectivity index (χ0) is 45.9. The van der Waals surface area contributed by atoms with Gasteiger partial charge in [-0.1, -0.05) is 96.1 Å². The normalized spacial score (nSPS) is 7.97. The summed E-state index contributed by atoms with van der Waals surface area (Å²) in [5, 5.41) is 0. The van der Waals surface area contributed by atoms with Gasteiger partial charge in [-0.05, 0) is 91.7 Å². The van der Waals surface area contributed by atoms with E-state index in [1.807, 2.05) is 140 Å². The first-order valence-corrected chi connectivity index (χ1v) is 18.9. The molecule has 0 aromatic heterocycles. The number of rotatable bonds is 8. The smallest absolute Gasteiger partial charge is 0.211 e. The van der Waals surface area contributed by atoms with Crippen LogP contribution in [0.1, 0.15) is 52.7 Å². The second-order valence-electron chi connectivity index (χ2n) is 10.1. The van der Waals surface area contributed by atoms with Crippen LogP contribution in [0, 0.1) is 13.8 Å². The monoisotopic (exact) mass is 818 g/mol. The summed E-state index contributed by atoms with van der Waals surface area (Å²) in [5.74, 6) is 0. The summed E-state index contributed by atoms with van der Waals surface area (Å²) in [7, 11) is 2.76. The minimum Gasteiger partial charge on any atom is -0.211 e. The third-order valence-corrected chi connectivity index (χ3v) is 6.32. The molecule has 0 N–H and O–H groups in total. The highest BCUT2D eigenvalue weighted by atomic mass is 16.1. The number of nitrogens with zero attached hydrogens (tertiary/aromatic N) is 10. The number of carbonyl (C=O) groups excluding carboxylic acids is 4. The number of isocyanates is 4. The van der Waals surface area contributed by atoms with Crippen LogP contribution in [0.3, 0.4) is 0 Å². The van der Waals surface area contributed by atoms with Crippen molar-refractivity contribution in [1.29, 1.82) is 0 Å². The van der Waals surface area contributed by atoms with Gasteiger partial charge in [-0.25, -0.2) is 29.2 Å². The van der Waals surface area contributed by atoms with Crippen LogP contribution in [0.4, 0.5) is 45.5 Å². The summed E-state index contributed by atoms with van der Waals surface area (Å²) in [6, 6.07) is 44.9. The molecule has 0 radical (unpaired) electrons. The molecular formula is C47H50N10O4. The van der Waals surface area contributed by atoms with Gasteiger partial charge in [-0.3, -0.25) is 0 Å². The lowest BCUT2D eigenvalue weighted by molar-refractivity contribution is 0.564. The van der Waals surface area contributed by atoms with Crippen molar-refractivity contribution in [1.82, 2.24) is 0 Å². The van der Waals surface area contributed by atoms with E-state index in [2.05, 4.69) is 67.9 Å². The first kappa shape index (κ1) is 54.9. The molecule has 0 aliphatic rings. The lowest BCUT2D eigenvalue weighted by Crippen LogP contribution is -1.74. The first-order valence-electron chi connectivity index (χ1n) is 18.9. The maximum absolute atomic E-state index is 10.4. The van der Waals surface area contributed by atoms with Gasteiger partial charge in [0.1, 0.15) is 18.0 Å². The molecular weight excluding hydrogens is 769 g/mol. The van der Waals surface area contributed by atoms with E-state index in [1.54, 1.807) is 36.4 Å². The van der Waals surface area contributed by atoms with Crippen LogP contribution in [0.15, 0.2) is 171 Å². The summed E-state index contributed by atoms with van der Waals surface area (Å²) in [4.78, 5) is 76.4. The fraction of sp³-hybridized carbons (Fsp3) is 0.213. The number of hydrogen-bond donors (Lipinski definition) is 0. The van der Waals surface area contributed by atoms with Gasteiger partial charge in [0.05, 0.1) is 45.5 Å². The molecule has 5 rings (SSSR count). The Bertz CT molecular complexity index is 2240. The summed E-state index contributed by atoms with van der Waals surface area (Å²) < 4.78 is 0. The van der Waals surface area contributed by atoms with E-state index >= 15 is 0 Å². The standard InChI is InChI=1S/C20H14N4.C17H12N4O2.2C2H3NO.3C2H6/c1-3-8-17(9-4-1)21-15-23-19-12-7-13-20(14-19)24-16-22-18-10-5-2-6-11-18;1-12-3-5-14(7-16(12)20-10-22)18-9-19-15-6-4-13(2)17(8-15)21-11-23;2*1-3-2-4;3*1-2/h1-14H;3-8H,1-2H3;2*1H3;3*1-2H3. The second kappa shape index (κ2) is 38.6. The Kier molecular flexibility index (Phi) is 34.7. The zero-order valence-electron chi connectivity index (χ0n) is 36.2. The number of para-hydroxylation sites is 2. The highest BCUT2D eigenvalue weighted by Crippen LogP contribution is 2.26. The molecule has 0 unspecified atom stereocenters. The lowest BCUT2D eigenvalue weighted by atomic mass is 10.2. The summed E-state index contributed by atoms with van der Waals surface area (Å²) in [6.07, 6.45) is 5.62. The SMILES string of the molecule is C(=Nc1ccccc1)=Nc1cccc(N=C=Nc2ccccc2)c1.CC.CC.CC.CN=C=O.CN=C=O.Cc1ccc(N=C=Nc2ccc(C)c(N=C=O)c2)cc1N=C=O. The van der Waals surface area contributed by atoms with Gasteiger partial charge in [0.25, 0.3) is 0 Å². The van der Waals surface area contributed by atoms with E-state index in [4.69, 9.17) is 9.59 Å². The molecule has 14 heteroatoms. The molecule has 312 valence electrons. The third kappa shape index (κ3) is 26.3. The topological polar surface area (TPSA) is 192 Å². The van der Waals surface area contributed by atoms with Crippen LogP contribution in [0.2, 0.25) is 0 Å². The van der Waals surface area contributed by atoms with Gasteiger partial charge in [0.2, 0.25) is 24.3 Å². The summed E-state index contributed by atoms with van der Waals surface area (Å²) >= 11 is 0. The Morgan fingerprint density at radius 3 is 0.902 bits per heavy atom. The lowest BCUT2D eigenvalue weighted by Gasteiger charge is -1.98. The van der Waals surface area contributed by atoms with Gasteiger partial charge < -0.3 is 0 Å². The van der Waals surface area contributed by atoms with Crippen LogP contribution in [-0.4, -0.2) is 56.4 Å². The van der Waals surface area contributed by atoms with Crippen molar-refractivity contribution < 1.29 is 19.2 Å². The number of hydrogen-bond acceptors (Lipinski definition) is 14. The van der Waals surface area contributed by atoms with Crippen molar-refractivity contribution in [2.24, 2.45) is 49.9 Å². The molecule has 0 saturated carbocycles. The summed E-state index contributed by atoms with van der Waals surface area (Å²) in [6.45, 7) is 15.7. The van der Waals surface area contributed by atoms with Gasteiger partial charge in [-0.15, -0.1) is 0 Å². The van der Waals surface area contributed by atoms with E-state index < -0.39 is 0 Å². The van der Waals surface area contributed by atoms with Gasteiger partial charge in [-0.2, -0.15) is 39.9 Å². The Labute approximate surface area is 357 Å². The van der Waals surface area contributed by atoms with Crippen LogP contribution in [-0.2, 0) is 19.2 Å². The molecule has 0 bridgehead atoms. The van der Waals surface area contributed by atoms with E-state index in [0.717, 1.165) is 33.9 Å². The Morgan fingerprint density at radius 2 is 0.607 bits per heavy atom. The van der Waals surface area contributed by atoms with E-state index in [0.29, 0.717) is 22.7 Å². The molecule has 0 saturated heterocycles. The quantitative estimate of drug-likeness (QED) is 0.111. The van der Waals surface area contributed by atoms with Crippen molar-refractivity contribution in [3.05, 3.63) is 132 Å². The van der Waals surface area contributed by atoms with E-state index in [-0.39, 0.29) is 0 Å². The maximum Gasteiger partial charge on any atom is 0.240 e. The fourth-order valence-electron chi connectivity index (χ4n) is 3.73. The predicted molar refractivity (Wildman–Crippen MR) is 247 cm³/mol. The maximum atomic E-state index is 10.4. The first-order chi connectivity index (χ1) is 29.9. The molecule has 0 amide bonds. The zero-order valence-corrected chi connectivity index (χ0v) is 36.2. The highest BCUT2D eigenvalue weighted by molar-refractivity contribution is 5.66. The Hall–Kier alpha value is -8.24. The number of aryl methyl sites for hydroxylation is 2. The van der Waals surface area contributed by atoms with Gasteiger partial charge >= 0.3 is 0 Å². The Balaban J connectivity index is 0. The van der Waals surface area contributed by atoms with Crippen LogP contribution >= 0.6 is 0 Å². The highest BCUT2D eigenvalue weighted by Gasteiger charge is 1.99.